The molecule has 2 heterocycles. The smallest absolute Gasteiger partial charge is 0.270 e. The third-order valence-corrected chi connectivity index (χ3v) is 10.3. The van der Waals surface area contributed by atoms with Crippen molar-refractivity contribution in [3.05, 3.63) is 133 Å². The number of carbonyl (C=O) groups is 2. The number of thiophene rings is 1. The highest BCUT2D eigenvalue weighted by Crippen LogP contribution is 2.47. The number of halogens is 1. The molecule has 5 aromatic rings. The number of hydrogen-bond acceptors (Lipinski definition) is 5. The fourth-order valence-corrected chi connectivity index (χ4v) is 7.77. The van der Waals surface area contributed by atoms with Gasteiger partial charge in [0.25, 0.3) is 17.5 Å². The van der Waals surface area contributed by atoms with E-state index in [2.05, 4.69) is 6.92 Å². The van der Waals surface area contributed by atoms with Gasteiger partial charge in [-0.15, -0.1) is 11.3 Å². The molecule has 1 aliphatic rings. The number of non-ortho nitro benzene ring substituents is 1. The number of nitro benzene ring substituents is 1. The first-order chi connectivity index (χ1) is 21.6. The molecule has 7 nitrogen and oxygen atoms in total. The molecular weight excluding hydrogens is 606 g/mol. The Kier molecular flexibility index (Phi) is 8.20. The zero-order valence-electron chi connectivity index (χ0n) is 25.4. The molecule has 0 saturated carbocycles. The van der Waals surface area contributed by atoms with Crippen LogP contribution >= 0.6 is 22.9 Å². The zero-order valence-corrected chi connectivity index (χ0v) is 27.0. The standard InChI is InChI=1S/C36H32ClN3O4S/c1-5-24-13-15-25(16-14-24)35(41)38-23(4)19-30(27-11-8-10-22(3)33(27)38)39(29-12-7-6-9-21(29)2)36(42)34-32(37)28-18-17-26(40(43)44)20-31(28)45-34/h6-18,20,23,30H,5,19H2,1-4H3/t23-,30+/m0/s1. The van der Waals surface area contributed by atoms with E-state index in [1.807, 2.05) is 92.4 Å². The summed E-state index contributed by atoms with van der Waals surface area (Å²) in [4.78, 5) is 43.8. The molecule has 45 heavy (non-hydrogen) atoms. The van der Waals surface area contributed by atoms with Crippen LogP contribution in [0.25, 0.3) is 10.1 Å². The van der Waals surface area contributed by atoms with Gasteiger partial charge in [-0.1, -0.05) is 67.1 Å². The second-order valence-electron chi connectivity index (χ2n) is 11.5. The van der Waals surface area contributed by atoms with E-state index in [1.165, 1.54) is 12.1 Å². The number of anilines is 2. The van der Waals surface area contributed by atoms with Crippen molar-refractivity contribution in [1.29, 1.82) is 0 Å². The number of para-hydroxylation sites is 2. The maximum Gasteiger partial charge on any atom is 0.270 e. The van der Waals surface area contributed by atoms with Gasteiger partial charge in [0.2, 0.25) is 0 Å². The van der Waals surface area contributed by atoms with Crippen molar-refractivity contribution in [2.24, 2.45) is 0 Å². The molecule has 0 spiro atoms. The van der Waals surface area contributed by atoms with Gasteiger partial charge in [-0.3, -0.25) is 24.6 Å². The van der Waals surface area contributed by atoms with Crippen LogP contribution in [0, 0.1) is 24.0 Å². The minimum atomic E-state index is -0.456. The number of rotatable bonds is 6. The Bertz CT molecular complexity index is 1970. The van der Waals surface area contributed by atoms with Crippen molar-refractivity contribution in [1.82, 2.24) is 0 Å². The van der Waals surface area contributed by atoms with E-state index in [-0.39, 0.29) is 28.6 Å². The molecular formula is C36H32ClN3O4S. The number of carbonyl (C=O) groups excluding carboxylic acids is 2. The van der Waals surface area contributed by atoms with Gasteiger partial charge in [0, 0.05) is 39.5 Å². The summed E-state index contributed by atoms with van der Waals surface area (Å²) < 4.78 is 0.571. The van der Waals surface area contributed by atoms with E-state index < -0.39 is 11.0 Å². The topological polar surface area (TPSA) is 83.8 Å². The van der Waals surface area contributed by atoms with E-state index in [0.29, 0.717) is 26.9 Å². The summed E-state index contributed by atoms with van der Waals surface area (Å²) in [5.74, 6) is -0.375. The first-order valence-electron chi connectivity index (χ1n) is 14.9. The van der Waals surface area contributed by atoms with Crippen molar-refractivity contribution >= 4 is 61.9 Å². The number of hydrogen-bond donors (Lipinski definition) is 0. The molecule has 6 rings (SSSR count). The van der Waals surface area contributed by atoms with Crippen LogP contribution in [-0.2, 0) is 6.42 Å². The molecule has 2 amide bonds. The van der Waals surface area contributed by atoms with Crippen LogP contribution in [0.2, 0.25) is 5.02 Å². The number of nitro groups is 1. The maximum atomic E-state index is 14.7. The fraction of sp³-hybridized carbons (Fsp3) is 0.222. The second-order valence-corrected chi connectivity index (χ2v) is 12.9. The average molecular weight is 638 g/mol. The van der Waals surface area contributed by atoms with Gasteiger partial charge in [-0.05, 0) is 80.1 Å². The fourth-order valence-electron chi connectivity index (χ4n) is 6.29. The van der Waals surface area contributed by atoms with Crippen LogP contribution in [0.5, 0.6) is 0 Å². The Morgan fingerprint density at radius 3 is 2.40 bits per heavy atom. The van der Waals surface area contributed by atoms with Gasteiger partial charge in [-0.2, -0.15) is 0 Å². The highest BCUT2D eigenvalue weighted by molar-refractivity contribution is 7.21. The van der Waals surface area contributed by atoms with Crippen molar-refractivity contribution in [3.8, 4) is 0 Å². The molecule has 4 aromatic carbocycles. The van der Waals surface area contributed by atoms with Crippen LogP contribution in [0.15, 0.2) is 84.9 Å². The van der Waals surface area contributed by atoms with E-state index in [9.17, 15) is 19.7 Å². The Morgan fingerprint density at radius 1 is 1.00 bits per heavy atom. The normalized spacial score (nSPS) is 16.0. The van der Waals surface area contributed by atoms with Gasteiger partial charge in [0.05, 0.1) is 21.7 Å². The van der Waals surface area contributed by atoms with Crippen LogP contribution < -0.4 is 9.80 Å². The summed E-state index contributed by atoms with van der Waals surface area (Å²) in [5, 5.41) is 12.3. The molecule has 0 bridgehead atoms. The number of aryl methyl sites for hydroxylation is 3. The average Bonchev–Trinajstić information content (AvgIpc) is 3.37. The third-order valence-electron chi connectivity index (χ3n) is 8.63. The Labute approximate surface area is 270 Å². The van der Waals surface area contributed by atoms with E-state index >= 15 is 0 Å². The summed E-state index contributed by atoms with van der Waals surface area (Å²) in [6, 6.07) is 25.2. The Balaban J connectivity index is 1.50. The van der Waals surface area contributed by atoms with Crippen molar-refractivity contribution in [3.63, 3.8) is 0 Å². The van der Waals surface area contributed by atoms with Crippen molar-refractivity contribution in [2.75, 3.05) is 9.80 Å². The molecule has 0 radical (unpaired) electrons. The minimum Gasteiger partial charge on any atom is -0.305 e. The van der Waals surface area contributed by atoms with E-state index in [1.54, 1.807) is 11.0 Å². The third kappa shape index (κ3) is 5.38. The van der Waals surface area contributed by atoms with E-state index in [4.69, 9.17) is 11.6 Å². The number of amides is 2. The lowest BCUT2D eigenvalue weighted by Crippen LogP contribution is -2.48. The molecule has 1 aliphatic heterocycles. The maximum absolute atomic E-state index is 14.7. The lowest BCUT2D eigenvalue weighted by molar-refractivity contribution is -0.384. The van der Waals surface area contributed by atoms with Crippen LogP contribution in [0.3, 0.4) is 0 Å². The molecule has 0 N–H and O–H groups in total. The lowest BCUT2D eigenvalue weighted by Gasteiger charge is -2.44. The van der Waals surface area contributed by atoms with Gasteiger partial charge in [0.15, 0.2) is 0 Å². The van der Waals surface area contributed by atoms with Gasteiger partial charge in [-0.25, -0.2) is 0 Å². The quantitative estimate of drug-likeness (QED) is 0.137. The van der Waals surface area contributed by atoms with Gasteiger partial charge >= 0.3 is 0 Å². The number of nitrogens with zero attached hydrogens (tertiary/aromatic N) is 3. The summed E-state index contributed by atoms with van der Waals surface area (Å²) in [5.41, 5.74) is 5.98. The first-order valence-corrected chi connectivity index (χ1v) is 16.1. The SMILES string of the molecule is CCc1ccc(C(=O)N2c3c(C)cccc3[C@H](N(C(=O)c3sc4cc([N+](=O)[O-])ccc4c3Cl)c3ccccc3C)C[C@@H]2C)cc1. The summed E-state index contributed by atoms with van der Waals surface area (Å²) in [7, 11) is 0. The molecule has 228 valence electrons. The van der Waals surface area contributed by atoms with Crippen molar-refractivity contribution in [2.45, 2.75) is 52.6 Å². The predicted octanol–water partition coefficient (Wildman–Crippen LogP) is 9.47. The molecule has 0 saturated heterocycles. The number of fused-ring (bicyclic) bond motifs is 2. The summed E-state index contributed by atoms with van der Waals surface area (Å²) in [6.07, 6.45) is 1.38. The van der Waals surface area contributed by atoms with Crippen LogP contribution in [-0.4, -0.2) is 22.8 Å². The van der Waals surface area contributed by atoms with Gasteiger partial charge in [0.1, 0.15) is 4.88 Å². The van der Waals surface area contributed by atoms with Crippen LogP contribution in [0.1, 0.15) is 68.6 Å². The van der Waals surface area contributed by atoms with Gasteiger partial charge < -0.3 is 4.90 Å². The molecule has 9 heteroatoms. The Morgan fingerprint density at radius 2 is 1.71 bits per heavy atom. The number of benzene rings is 4. The van der Waals surface area contributed by atoms with Crippen molar-refractivity contribution < 1.29 is 14.5 Å². The highest BCUT2D eigenvalue weighted by atomic mass is 35.5. The molecule has 0 unspecified atom stereocenters. The lowest BCUT2D eigenvalue weighted by atomic mass is 9.87. The summed E-state index contributed by atoms with van der Waals surface area (Å²) in [6.45, 7) is 8.06. The monoisotopic (exact) mass is 637 g/mol. The highest BCUT2D eigenvalue weighted by Gasteiger charge is 2.41. The largest absolute Gasteiger partial charge is 0.305 e. The molecule has 1 aromatic heterocycles. The molecule has 0 aliphatic carbocycles. The Hall–Kier alpha value is -4.53. The van der Waals surface area contributed by atoms with Crippen LogP contribution in [0.4, 0.5) is 17.1 Å². The zero-order chi connectivity index (χ0) is 32.0. The van der Waals surface area contributed by atoms with E-state index in [0.717, 1.165) is 51.4 Å². The molecule has 2 atom stereocenters. The minimum absolute atomic E-state index is 0.0604. The predicted molar refractivity (Wildman–Crippen MR) is 182 cm³/mol. The second kappa shape index (κ2) is 12.1. The first kappa shape index (κ1) is 30.5. The summed E-state index contributed by atoms with van der Waals surface area (Å²) >= 11 is 8.00. The molecule has 0 fully saturated rings.